The van der Waals surface area contributed by atoms with Crippen molar-refractivity contribution in [1.82, 2.24) is 5.32 Å². The van der Waals surface area contributed by atoms with E-state index in [-0.39, 0.29) is 24.0 Å². The van der Waals surface area contributed by atoms with E-state index in [1.54, 1.807) is 0 Å². The number of aliphatic hydroxyl groups excluding tert-OH is 1. The standard InChI is InChI=1S/C16H22BrNO2/c1-16(11-19)9-3-6-14(16)18-15(20)8-7-12-4-2-5-13(17)10-12/h2,4-5,10,14,19H,3,6-9,11H2,1H3,(H,18,20). The highest BCUT2D eigenvalue weighted by atomic mass is 79.9. The molecule has 0 aromatic heterocycles. The Morgan fingerprint density at radius 2 is 2.35 bits per heavy atom. The molecular formula is C16H22BrNO2. The van der Waals surface area contributed by atoms with Gasteiger partial charge in [-0.1, -0.05) is 41.4 Å². The van der Waals surface area contributed by atoms with Crippen LogP contribution in [-0.2, 0) is 11.2 Å². The van der Waals surface area contributed by atoms with E-state index in [2.05, 4.69) is 28.2 Å². The normalized spacial score (nSPS) is 25.6. The smallest absolute Gasteiger partial charge is 0.220 e. The molecule has 1 aromatic rings. The number of carbonyl (C=O) groups is 1. The highest BCUT2D eigenvalue weighted by molar-refractivity contribution is 9.10. The Balaban J connectivity index is 1.84. The molecule has 4 heteroatoms. The molecule has 0 radical (unpaired) electrons. The summed E-state index contributed by atoms with van der Waals surface area (Å²) in [6.45, 7) is 2.20. The number of benzene rings is 1. The summed E-state index contributed by atoms with van der Waals surface area (Å²) in [5.74, 6) is 0.0801. The van der Waals surface area contributed by atoms with Gasteiger partial charge in [0.25, 0.3) is 0 Å². The predicted octanol–water partition coefficient (Wildman–Crippen LogP) is 3.05. The predicted molar refractivity (Wildman–Crippen MR) is 83.4 cm³/mol. The van der Waals surface area contributed by atoms with Crippen LogP contribution in [0.2, 0.25) is 0 Å². The highest BCUT2D eigenvalue weighted by Gasteiger charge is 2.38. The number of amides is 1. The number of aliphatic hydroxyl groups is 1. The van der Waals surface area contributed by atoms with Crippen molar-refractivity contribution in [3.8, 4) is 0 Å². The molecule has 1 saturated carbocycles. The first-order valence-electron chi connectivity index (χ1n) is 7.18. The average Bonchev–Trinajstić information content (AvgIpc) is 2.79. The second-order valence-corrected chi connectivity index (χ2v) is 6.87. The van der Waals surface area contributed by atoms with Crippen molar-refractivity contribution in [3.05, 3.63) is 34.3 Å². The Morgan fingerprint density at radius 1 is 1.55 bits per heavy atom. The Morgan fingerprint density at radius 3 is 3.05 bits per heavy atom. The zero-order valence-electron chi connectivity index (χ0n) is 11.9. The molecule has 110 valence electrons. The Labute approximate surface area is 128 Å². The molecule has 1 amide bonds. The van der Waals surface area contributed by atoms with Crippen LogP contribution in [0.4, 0.5) is 0 Å². The molecular weight excluding hydrogens is 318 g/mol. The van der Waals surface area contributed by atoms with E-state index in [0.29, 0.717) is 6.42 Å². The van der Waals surface area contributed by atoms with Crippen molar-refractivity contribution in [1.29, 1.82) is 0 Å². The summed E-state index contributed by atoms with van der Waals surface area (Å²) in [5, 5.41) is 12.6. The zero-order valence-corrected chi connectivity index (χ0v) is 13.4. The molecule has 1 aliphatic rings. The molecule has 0 saturated heterocycles. The second kappa shape index (κ2) is 6.72. The van der Waals surface area contributed by atoms with E-state index < -0.39 is 0 Å². The van der Waals surface area contributed by atoms with Crippen LogP contribution in [0.3, 0.4) is 0 Å². The first kappa shape index (κ1) is 15.5. The van der Waals surface area contributed by atoms with Crippen LogP contribution < -0.4 is 5.32 Å². The molecule has 20 heavy (non-hydrogen) atoms. The number of rotatable bonds is 5. The van der Waals surface area contributed by atoms with E-state index >= 15 is 0 Å². The van der Waals surface area contributed by atoms with Crippen LogP contribution in [0.15, 0.2) is 28.7 Å². The minimum absolute atomic E-state index is 0.0801. The first-order chi connectivity index (χ1) is 9.53. The Kier molecular flexibility index (Phi) is 5.22. The van der Waals surface area contributed by atoms with Gasteiger partial charge in [-0.15, -0.1) is 0 Å². The molecule has 0 aliphatic heterocycles. The fourth-order valence-electron chi connectivity index (χ4n) is 2.89. The summed E-state index contributed by atoms with van der Waals surface area (Å²) in [6, 6.07) is 8.15. The van der Waals surface area contributed by atoms with Gasteiger partial charge in [-0.3, -0.25) is 4.79 Å². The maximum atomic E-state index is 12.1. The van der Waals surface area contributed by atoms with Crippen molar-refractivity contribution >= 4 is 21.8 Å². The zero-order chi connectivity index (χ0) is 14.6. The van der Waals surface area contributed by atoms with Crippen molar-refractivity contribution in [2.24, 2.45) is 5.41 Å². The largest absolute Gasteiger partial charge is 0.396 e. The van der Waals surface area contributed by atoms with Gasteiger partial charge in [-0.2, -0.15) is 0 Å². The number of aryl methyl sites for hydroxylation is 1. The van der Waals surface area contributed by atoms with Gasteiger partial charge in [0, 0.05) is 22.4 Å². The van der Waals surface area contributed by atoms with E-state index in [9.17, 15) is 9.90 Å². The van der Waals surface area contributed by atoms with Gasteiger partial charge in [-0.05, 0) is 37.0 Å². The van der Waals surface area contributed by atoms with Crippen molar-refractivity contribution < 1.29 is 9.90 Å². The summed E-state index contributed by atoms with van der Waals surface area (Å²) in [5.41, 5.74) is 1.01. The average molecular weight is 340 g/mol. The number of hydrogen-bond acceptors (Lipinski definition) is 2. The number of hydrogen-bond donors (Lipinski definition) is 2. The maximum absolute atomic E-state index is 12.1. The number of carbonyl (C=O) groups excluding carboxylic acids is 1. The van der Waals surface area contributed by atoms with E-state index in [1.807, 2.05) is 24.3 Å². The van der Waals surface area contributed by atoms with Gasteiger partial charge in [-0.25, -0.2) is 0 Å². The van der Waals surface area contributed by atoms with Crippen LogP contribution in [0, 0.1) is 5.41 Å². The maximum Gasteiger partial charge on any atom is 0.220 e. The summed E-state index contributed by atoms with van der Waals surface area (Å²) in [7, 11) is 0. The van der Waals surface area contributed by atoms with E-state index in [1.165, 1.54) is 0 Å². The van der Waals surface area contributed by atoms with Crippen LogP contribution in [0.1, 0.15) is 38.2 Å². The molecule has 0 spiro atoms. The minimum atomic E-state index is -0.147. The summed E-state index contributed by atoms with van der Waals surface area (Å²) in [4.78, 5) is 12.1. The van der Waals surface area contributed by atoms with Gasteiger partial charge in [0.15, 0.2) is 0 Å². The fourth-order valence-corrected chi connectivity index (χ4v) is 3.33. The SMILES string of the molecule is CC1(CO)CCCC1NC(=O)CCc1cccc(Br)c1. The summed E-state index contributed by atoms with van der Waals surface area (Å²) >= 11 is 3.44. The van der Waals surface area contributed by atoms with Crippen molar-refractivity contribution in [2.75, 3.05) is 6.61 Å². The van der Waals surface area contributed by atoms with Crippen molar-refractivity contribution in [3.63, 3.8) is 0 Å². The quantitative estimate of drug-likeness (QED) is 0.866. The Hall–Kier alpha value is -0.870. The molecule has 2 atom stereocenters. The van der Waals surface area contributed by atoms with E-state index in [4.69, 9.17) is 0 Å². The minimum Gasteiger partial charge on any atom is -0.396 e. The van der Waals surface area contributed by atoms with Gasteiger partial charge in [0.05, 0.1) is 6.61 Å². The third-order valence-corrected chi connectivity index (χ3v) is 4.80. The van der Waals surface area contributed by atoms with Crippen LogP contribution >= 0.6 is 15.9 Å². The van der Waals surface area contributed by atoms with Gasteiger partial charge in [0.2, 0.25) is 5.91 Å². The fraction of sp³-hybridized carbons (Fsp3) is 0.562. The summed E-state index contributed by atoms with van der Waals surface area (Å²) in [6.07, 6.45) is 4.27. The number of halogens is 1. The third kappa shape index (κ3) is 3.83. The lowest BCUT2D eigenvalue weighted by atomic mass is 9.85. The molecule has 2 N–H and O–H groups in total. The third-order valence-electron chi connectivity index (χ3n) is 4.31. The van der Waals surface area contributed by atoms with Crippen LogP contribution in [-0.4, -0.2) is 23.7 Å². The van der Waals surface area contributed by atoms with Crippen LogP contribution in [0.25, 0.3) is 0 Å². The van der Waals surface area contributed by atoms with Crippen LogP contribution in [0.5, 0.6) is 0 Å². The molecule has 2 unspecified atom stereocenters. The highest BCUT2D eigenvalue weighted by Crippen LogP contribution is 2.37. The molecule has 1 aromatic carbocycles. The van der Waals surface area contributed by atoms with Gasteiger partial charge in [0.1, 0.15) is 0 Å². The molecule has 0 heterocycles. The summed E-state index contributed by atoms with van der Waals surface area (Å²) < 4.78 is 1.04. The van der Waals surface area contributed by atoms with Crippen molar-refractivity contribution in [2.45, 2.75) is 45.1 Å². The number of nitrogens with one attached hydrogen (secondary N) is 1. The topological polar surface area (TPSA) is 49.3 Å². The molecule has 1 fully saturated rings. The lowest BCUT2D eigenvalue weighted by Crippen LogP contribution is -2.44. The molecule has 1 aliphatic carbocycles. The lowest BCUT2D eigenvalue weighted by molar-refractivity contribution is -0.122. The molecule has 3 nitrogen and oxygen atoms in total. The first-order valence-corrected chi connectivity index (χ1v) is 7.97. The lowest BCUT2D eigenvalue weighted by Gasteiger charge is -2.30. The molecule has 2 rings (SSSR count). The molecule has 0 bridgehead atoms. The van der Waals surface area contributed by atoms with Gasteiger partial charge >= 0.3 is 0 Å². The van der Waals surface area contributed by atoms with Gasteiger partial charge < -0.3 is 10.4 Å². The van der Waals surface area contributed by atoms with E-state index in [0.717, 1.165) is 35.7 Å². The monoisotopic (exact) mass is 339 g/mol. The second-order valence-electron chi connectivity index (χ2n) is 5.95. The Bertz CT molecular complexity index is 477.